The second-order valence-corrected chi connectivity index (χ2v) is 4.88. The zero-order valence-corrected chi connectivity index (χ0v) is 10.8. The van der Waals surface area contributed by atoms with Gasteiger partial charge in [-0.15, -0.1) is 13.2 Å². The molecule has 2 rings (SSSR count). The number of nitrogens with zero attached hydrogens (tertiary/aromatic N) is 1. The van der Waals surface area contributed by atoms with Gasteiger partial charge in [0.05, 0.1) is 0 Å². The smallest absolute Gasteiger partial charge is 0.115 e. The van der Waals surface area contributed by atoms with E-state index in [1.807, 2.05) is 18.2 Å². The summed E-state index contributed by atoms with van der Waals surface area (Å²) in [5.41, 5.74) is 2.66. The van der Waals surface area contributed by atoms with Gasteiger partial charge < -0.3 is 5.11 Å². The van der Waals surface area contributed by atoms with Crippen LogP contribution in [0.15, 0.2) is 43.5 Å². The van der Waals surface area contributed by atoms with Gasteiger partial charge in [0.25, 0.3) is 0 Å². The van der Waals surface area contributed by atoms with E-state index in [4.69, 9.17) is 0 Å². The van der Waals surface area contributed by atoms with Crippen molar-refractivity contribution in [2.75, 3.05) is 13.1 Å². The highest BCUT2D eigenvalue weighted by molar-refractivity contribution is 5.37. The van der Waals surface area contributed by atoms with Crippen molar-refractivity contribution in [2.24, 2.45) is 0 Å². The van der Waals surface area contributed by atoms with Gasteiger partial charge >= 0.3 is 0 Å². The van der Waals surface area contributed by atoms with Gasteiger partial charge in [0.2, 0.25) is 0 Å². The Labute approximate surface area is 109 Å². The van der Waals surface area contributed by atoms with Crippen LogP contribution in [0.3, 0.4) is 0 Å². The molecule has 0 amide bonds. The van der Waals surface area contributed by atoms with E-state index in [2.05, 4.69) is 24.1 Å². The predicted octanol–water partition coefficient (Wildman–Crippen LogP) is 2.92. The topological polar surface area (TPSA) is 23.5 Å². The molecular formula is C16H21NO. The molecule has 0 aliphatic heterocycles. The molecule has 1 N–H and O–H groups in total. The number of aromatic hydroxyl groups is 1. The first-order chi connectivity index (χ1) is 8.74. The van der Waals surface area contributed by atoms with Crippen LogP contribution in [0.25, 0.3) is 0 Å². The number of aryl methyl sites for hydroxylation is 1. The van der Waals surface area contributed by atoms with E-state index >= 15 is 0 Å². The summed E-state index contributed by atoms with van der Waals surface area (Å²) < 4.78 is 0. The zero-order valence-electron chi connectivity index (χ0n) is 10.8. The fourth-order valence-electron chi connectivity index (χ4n) is 2.74. The average Bonchev–Trinajstić information content (AvgIpc) is 2.38. The van der Waals surface area contributed by atoms with Crippen molar-refractivity contribution >= 4 is 0 Å². The molecule has 1 aromatic rings. The maximum atomic E-state index is 9.49. The van der Waals surface area contributed by atoms with E-state index in [0.717, 1.165) is 32.4 Å². The van der Waals surface area contributed by atoms with Crippen molar-refractivity contribution in [2.45, 2.75) is 25.3 Å². The Morgan fingerprint density at radius 3 is 2.61 bits per heavy atom. The number of hydrogen-bond donors (Lipinski definition) is 1. The minimum absolute atomic E-state index is 0.376. The summed E-state index contributed by atoms with van der Waals surface area (Å²) in [5, 5.41) is 9.49. The second-order valence-electron chi connectivity index (χ2n) is 4.88. The van der Waals surface area contributed by atoms with Crippen molar-refractivity contribution in [3.8, 4) is 5.75 Å². The lowest BCUT2D eigenvalue weighted by molar-refractivity contribution is 0.219. The highest BCUT2D eigenvalue weighted by atomic mass is 16.3. The molecular weight excluding hydrogens is 222 g/mol. The summed E-state index contributed by atoms with van der Waals surface area (Å²) in [6.45, 7) is 9.46. The van der Waals surface area contributed by atoms with Crippen molar-refractivity contribution in [3.05, 3.63) is 54.6 Å². The third-order valence-electron chi connectivity index (χ3n) is 3.64. The number of hydrogen-bond acceptors (Lipinski definition) is 2. The molecule has 1 atom stereocenters. The third kappa shape index (κ3) is 2.82. The largest absolute Gasteiger partial charge is 0.508 e. The molecule has 0 heterocycles. The summed E-state index contributed by atoms with van der Waals surface area (Å²) in [4.78, 5) is 2.41. The molecule has 0 bridgehead atoms. The molecule has 1 aliphatic rings. The number of fused-ring (bicyclic) bond motifs is 1. The Kier molecular flexibility index (Phi) is 4.21. The van der Waals surface area contributed by atoms with Crippen molar-refractivity contribution in [1.82, 2.24) is 4.90 Å². The predicted molar refractivity (Wildman–Crippen MR) is 75.9 cm³/mol. The SMILES string of the molecule is C=CCN(CC=C)C1CCc2cc(O)ccc2C1. The van der Waals surface area contributed by atoms with E-state index in [-0.39, 0.29) is 0 Å². The lowest BCUT2D eigenvalue weighted by Crippen LogP contribution is -2.39. The Hall–Kier alpha value is -1.54. The molecule has 96 valence electrons. The molecule has 1 aliphatic carbocycles. The molecule has 0 radical (unpaired) electrons. The van der Waals surface area contributed by atoms with Crippen molar-refractivity contribution in [1.29, 1.82) is 0 Å². The second kappa shape index (κ2) is 5.87. The van der Waals surface area contributed by atoms with Gasteiger partial charge in [-0.1, -0.05) is 18.2 Å². The van der Waals surface area contributed by atoms with Crippen LogP contribution < -0.4 is 0 Å². The van der Waals surface area contributed by atoms with Crippen LogP contribution in [0.1, 0.15) is 17.5 Å². The first-order valence-electron chi connectivity index (χ1n) is 6.51. The summed E-state index contributed by atoms with van der Waals surface area (Å²) in [5.74, 6) is 0.376. The number of phenolic OH excluding ortho intramolecular Hbond substituents is 1. The van der Waals surface area contributed by atoms with Gasteiger partial charge in [-0.05, 0) is 42.5 Å². The Balaban J connectivity index is 2.12. The van der Waals surface area contributed by atoms with Crippen molar-refractivity contribution < 1.29 is 5.11 Å². The first kappa shape index (κ1) is 12.9. The molecule has 0 saturated heterocycles. The van der Waals surface area contributed by atoms with E-state index in [1.165, 1.54) is 11.1 Å². The number of rotatable bonds is 5. The first-order valence-corrected chi connectivity index (χ1v) is 6.51. The fraction of sp³-hybridized carbons (Fsp3) is 0.375. The molecule has 0 fully saturated rings. The summed E-state index contributed by atoms with van der Waals surface area (Å²) >= 11 is 0. The molecule has 0 saturated carbocycles. The molecule has 2 heteroatoms. The Morgan fingerprint density at radius 1 is 1.22 bits per heavy atom. The highest BCUT2D eigenvalue weighted by Gasteiger charge is 2.23. The Morgan fingerprint density at radius 2 is 1.94 bits per heavy atom. The van der Waals surface area contributed by atoms with E-state index < -0.39 is 0 Å². The lowest BCUT2D eigenvalue weighted by Gasteiger charge is -2.34. The fourth-order valence-corrected chi connectivity index (χ4v) is 2.74. The van der Waals surface area contributed by atoms with Gasteiger partial charge in [0.1, 0.15) is 5.75 Å². The number of benzene rings is 1. The van der Waals surface area contributed by atoms with Crippen LogP contribution in [-0.4, -0.2) is 29.1 Å². The van der Waals surface area contributed by atoms with Crippen LogP contribution in [-0.2, 0) is 12.8 Å². The standard InChI is InChI=1S/C16H21NO/c1-3-9-17(10-4-2)15-7-5-14-12-16(18)8-6-13(14)11-15/h3-4,6,8,12,15,18H,1-2,5,7,9-11H2. The van der Waals surface area contributed by atoms with Gasteiger partial charge in [-0.3, -0.25) is 4.90 Å². The summed E-state index contributed by atoms with van der Waals surface area (Å²) in [6.07, 6.45) is 7.14. The van der Waals surface area contributed by atoms with Crippen LogP contribution in [0.2, 0.25) is 0 Å². The van der Waals surface area contributed by atoms with Gasteiger partial charge in [0.15, 0.2) is 0 Å². The quantitative estimate of drug-likeness (QED) is 0.804. The minimum Gasteiger partial charge on any atom is -0.508 e. The van der Waals surface area contributed by atoms with Gasteiger partial charge in [0, 0.05) is 19.1 Å². The van der Waals surface area contributed by atoms with Crippen LogP contribution in [0.5, 0.6) is 5.75 Å². The maximum Gasteiger partial charge on any atom is 0.115 e. The molecule has 0 aromatic heterocycles. The summed E-state index contributed by atoms with van der Waals surface area (Å²) in [7, 11) is 0. The average molecular weight is 243 g/mol. The zero-order chi connectivity index (χ0) is 13.0. The minimum atomic E-state index is 0.376. The van der Waals surface area contributed by atoms with Gasteiger partial charge in [-0.2, -0.15) is 0 Å². The van der Waals surface area contributed by atoms with Gasteiger partial charge in [-0.25, -0.2) is 0 Å². The Bertz CT molecular complexity index is 429. The third-order valence-corrected chi connectivity index (χ3v) is 3.64. The number of phenols is 1. The van der Waals surface area contributed by atoms with Crippen LogP contribution in [0.4, 0.5) is 0 Å². The van der Waals surface area contributed by atoms with E-state index in [1.54, 1.807) is 6.07 Å². The maximum absolute atomic E-state index is 9.49. The van der Waals surface area contributed by atoms with E-state index in [0.29, 0.717) is 11.8 Å². The molecule has 1 aromatic carbocycles. The molecule has 1 unspecified atom stereocenters. The van der Waals surface area contributed by atoms with E-state index in [9.17, 15) is 5.11 Å². The highest BCUT2D eigenvalue weighted by Crippen LogP contribution is 2.27. The van der Waals surface area contributed by atoms with Crippen LogP contribution >= 0.6 is 0 Å². The molecule has 0 spiro atoms. The van der Waals surface area contributed by atoms with Crippen LogP contribution in [0, 0.1) is 0 Å². The lowest BCUT2D eigenvalue weighted by atomic mass is 9.87. The molecule has 2 nitrogen and oxygen atoms in total. The van der Waals surface area contributed by atoms with Crippen molar-refractivity contribution in [3.63, 3.8) is 0 Å². The molecule has 18 heavy (non-hydrogen) atoms. The normalized spacial score (nSPS) is 18.4. The monoisotopic (exact) mass is 243 g/mol. The summed E-state index contributed by atoms with van der Waals surface area (Å²) in [6, 6.07) is 6.29.